The second kappa shape index (κ2) is 4.00. The van der Waals surface area contributed by atoms with E-state index < -0.39 is 5.91 Å². The first-order valence-corrected chi connectivity index (χ1v) is 5.52. The van der Waals surface area contributed by atoms with Gasteiger partial charge in [0.05, 0.1) is 10.7 Å². The average molecular weight is 237 g/mol. The summed E-state index contributed by atoms with van der Waals surface area (Å²) in [6, 6.07) is 15.6. The monoisotopic (exact) mass is 237 g/mol. The van der Waals surface area contributed by atoms with E-state index in [4.69, 9.17) is 0 Å². The molecule has 0 aromatic heterocycles. The minimum absolute atomic E-state index is 0.281. The molecule has 18 heavy (non-hydrogen) atoms. The van der Waals surface area contributed by atoms with E-state index >= 15 is 0 Å². The lowest BCUT2D eigenvalue weighted by Gasteiger charge is -2.06. The number of rotatable bonds is 1. The summed E-state index contributed by atoms with van der Waals surface area (Å²) in [5.74, 6) is -0.676. The Balaban J connectivity index is 2.16. The van der Waals surface area contributed by atoms with Crippen LogP contribution in [-0.4, -0.2) is 16.5 Å². The van der Waals surface area contributed by atoms with Crippen molar-refractivity contribution in [1.82, 2.24) is 0 Å². The molecule has 0 aliphatic carbocycles. The van der Waals surface area contributed by atoms with Crippen molar-refractivity contribution in [1.29, 1.82) is 0 Å². The molecule has 3 rings (SSSR count). The van der Waals surface area contributed by atoms with E-state index in [1.54, 1.807) is 48.5 Å². The maximum absolute atomic E-state index is 12.2. The largest absolute Gasteiger partial charge is 0.451 e. The number of hydrogen-bond acceptors (Lipinski definition) is 2. The van der Waals surface area contributed by atoms with Gasteiger partial charge in [0.1, 0.15) is 5.56 Å². The zero-order chi connectivity index (χ0) is 12.5. The molecule has 1 heterocycles. The van der Waals surface area contributed by atoms with Gasteiger partial charge in [-0.1, -0.05) is 30.3 Å². The molecule has 0 N–H and O–H groups in total. The molecule has 2 aromatic rings. The van der Waals surface area contributed by atoms with Crippen LogP contribution < -0.4 is 0 Å². The second-order valence-corrected chi connectivity index (χ2v) is 3.90. The number of fused-ring (bicyclic) bond motifs is 1. The summed E-state index contributed by atoms with van der Waals surface area (Å²) in [7, 11) is 0. The van der Waals surface area contributed by atoms with Gasteiger partial charge in [-0.3, -0.25) is 4.79 Å². The van der Waals surface area contributed by atoms with Crippen molar-refractivity contribution in [2.45, 2.75) is 0 Å². The van der Waals surface area contributed by atoms with Crippen LogP contribution in [0.5, 0.6) is 0 Å². The van der Waals surface area contributed by atoms with Crippen molar-refractivity contribution in [2.75, 3.05) is 0 Å². The van der Waals surface area contributed by atoms with Crippen LogP contribution in [0.25, 0.3) is 0 Å². The zero-order valence-electron chi connectivity index (χ0n) is 9.41. The summed E-state index contributed by atoms with van der Waals surface area (Å²) in [4.78, 5) is 24.1. The molecule has 2 amide bonds. The Kier molecular flexibility index (Phi) is 2.34. The second-order valence-electron chi connectivity index (χ2n) is 3.90. The van der Waals surface area contributed by atoms with Gasteiger partial charge in [-0.05, 0) is 16.8 Å². The minimum Gasteiger partial charge on any atom is -0.260 e. The van der Waals surface area contributed by atoms with Gasteiger partial charge in [0, 0.05) is 12.1 Å². The highest BCUT2D eigenvalue weighted by atomic mass is 16.2. The smallest absolute Gasteiger partial charge is 0.260 e. The van der Waals surface area contributed by atoms with Gasteiger partial charge in [0.2, 0.25) is 5.69 Å². The van der Waals surface area contributed by atoms with Gasteiger partial charge < -0.3 is 0 Å². The summed E-state index contributed by atoms with van der Waals surface area (Å²) < 4.78 is 1.14. The number of nitrogens with zero attached hydrogens (tertiary/aromatic N) is 2. The molecule has 0 saturated heterocycles. The number of benzene rings is 2. The number of carbonyl (C=O) groups is 2. The Morgan fingerprint density at radius 1 is 0.778 bits per heavy atom. The van der Waals surface area contributed by atoms with Crippen LogP contribution in [0.2, 0.25) is 0 Å². The molecule has 0 radical (unpaired) electrons. The molecule has 0 unspecified atom stereocenters. The lowest BCUT2D eigenvalue weighted by Crippen LogP contribution is -2.24. The maximum Gasteiger partial charge on any atom is 0.451 e. The summed E-state index contributed by atoms with van der Waals surface area (Å²) in [6.07, 6.45) is 0. The third-order valence-electron chi connectivity index (χ3n) is 2.77. The highest BCUT2D eigenvalue weighted by Crippen LogP contribution is 2.22. The number of azo groups is 2. The van der Waals surface area contributed by atoms with Crippen molar-refractivity contribution in [3.8, 4) is 0 Å². The fourth-order valence-electron chi connectivity index (χ4n) is 1.90. The van der Waals surface area contributed by atoms with E-state index in [0.717, 1.165) is 4.70 Å². The maximum atomic E-state index is 12.2. The van der Waals surface area contributed by atoms with Crippen LogP contribution >= 0.6 is 0 Å². The Morgan fingerprint density at radius 2 is 1.39 bits per heavy atom. The topological polar surface area (TPSA) is 49.5 Å². The number of carbonyl (C=O) groups excluding carboxylic acids is 2. The van der Waals surface area contributed by atoms with Crippen LogP contribution in [-0.2, 0) is 0 Å². The van der Waals surface area contributed by atoms with Crippen LogP contribution in [0, 0.1) is 0 Å². The summed E-state index contributed by atoms with van der Waals surface area (Å²) >= 11 is 0. The molecular weight excluding hydrogens is 228 g/mol. The molecule has 86 valence electrons. The van der Waals surface area contributed by atoms with E-state index in [1.165, 1.54) is 0 Å². The Morgan fingerprint density at radius 3 is 2.11 bits per heavy atom. The van der Waals surface area contributed by atoms with Crippen molar-refractivity contribution in [3.05, 3.63) is 65.7 Å². The Hall–Kier alpha value is -2.62. The highest BCUT2D eigenvalue weighted by molar-refractivity contribution is 6.07. The molecular formula is C14H9N2O2+. The fourth-order valence-corrected chi connectivity index (χ4v) is 1.90. The third-order valence-corrected chi connectivity index (χ3v) is 2.77. The lowest BCUT2D eigenvalue weighted by molar-refractivity contribution is -0.407. The van der Waals surface area contributed by atoms with E-state index in [0.29, 0.717) is 16.8 Å². The first-order chi connectivity index (χ1) is 8.77. The highest BCUT2D eigenvalue weighted by Gasteiger charge is 2.35. The van der Waals surface area contributed by atoms with Crippen LogP contribution in [0.15, 0.2) is 59.7 Å². The lowest BCUT2D eigenvalue weighted by atomic mass is 10.0. The molecule has 1 aliphatic rings. The predicted molar refractivity (Wildman–Crippen MR) is 63.9 cm³/mol. The SMILES string of the molecule is O=C1N=[N+](c2ccccc2)C(=O)c2ccccc21. The molecule has 0 saturated carbocycles. The summed E-state index contributed by atoms with van der Waals surface area (Å²) in [5.41, 5.74) is 1.33. The van der Waals surface area contributed by atoms with Crippen LogP contribution in [0.3, 0.4) is 0 Å². The van der Waals surface area contributed by atoms with Gasteiger partial charge in [0.15, 0.2) is 0 Å². The molecule has 1 aliphatic heterocycles. The number of amides is 2. The van der Waals surface area contributed by atoms with E-state index in [-0.39, 0.29) is 5.91 Å². The Labute approximate surface area is 103 Å². The predicted octanol–water partition coefficient (Wildman–Crippen LogP) is 2.78. The number of para-hydroxylation sites is 1. The molecule has 4 heteroatoms. The third kappa shape index (κ3) is 1.55. The molecule has 0 bridgehead atoms. The van der Waals surface area contributed by atoms with Gasteiger partial charge in [-0.2, -0.15) is 0 Å². The number of hydrogen-bond donors (Lipinski definition) is 0. The van der Waals surface area contributed by atoms with Gasteiger partial charge in [0.25, 0.3) is 0 Å². The van der Waals surface area contributed by atoms with Crippen molar-refractivity contribution in [3.63, 3.8) is 0 Å². The quantitative estimate of drug-likeness (QED) is 0.716. The zero-order valence-corrected chi connectivity index (χ0v) is 9.41. The normalized spacial score (nSPS) is 14.1. The minimum atomic E-state index is -0.394. The average Bonchev–Trinajstić information content (AvgIpc) is 2.44. The van der Waals surface area contributed by atoms with Crippen LogP contribution in [0.4, 0.5) is 5.69 Å². The fraction of sp³-hybridized carbons (Fsp3) is 0. The van der Waals surface area contributed by atoms with Gasteiger partial charge in [-0.15, -0.1) is 0 Å². The first-order valence-electron chi connectivity index (χ1n) is 5.52. The van der Waals surface area contributed by atoms with Gasteiger partial charge in [-0.25, -0.2) is 4.79 Å². The van der Waals surface area contributed by atoms with E-state index in [1.807, 2.05) is 6.07 Å². The molecule has 2 aromatic carbocycles. The van der Waals surface area contributed by atoms with Crippen molar-refractivity contribution in [2.24, 2.45) is 5.11 Å². The molecule has 0 spiro atoms. The molecule has 0 fully saturated rings. The van der Waals surface area contributed by atoms with E-state index in [2.05, 4.69) is 5.11 Å². The van der Waals surface area contributed by atoms with Crippen molar-refractivity contribution < 1.29 is 14.3 Å². The van der Waals surface area contributed by atoms with Gasteiger partial charge >= 0.3 is 11.8 Å². The summed E-state index contributed by atoms with van der Waals surface area (Å²) in [6.45, 7) is 0. The van der Waals surface area contributed by atoms with Crippen LogP contribution in [0.1, 0.15) is 20.7 Å². The first kappa shape index (κ1) is 10.5. The Bertz CT molecular complexity index is 675. The molecule has 0 atom stereocenters. The standard InChI is InChI=1S/C14H9N2O2/c17-13-11-8-4-5-9-12(11)14(18)16(15-13)10-6-2-1-3-7-10/h1-9H/q+1. The molecule has 4 nitrogen and oxygen atoms in total. The van der Waals surface area contributed by atoms with E-state index in [9.17, 15) is 9.59 Å². The van der Waals surface area contributed by atoms with Crippen molar-refractivity contribution >= 4 is 17.5 Å². The summed E-state index contributed by atoms with van der Waals surface area (Å²) in [5, 5.41) is 3.82.